The second-order valence-corrected chi connectivity index (χ2v) is 2.80. The smallest absolute Gasteiger partial charge is 0.290 e. The third-order valence-electron chi connectivity index (χ3n) is 1.92. The molecule has 7 nitrogen and oxygen atoms in total. The van der Waals surface area contributed by atoms with Crippen molar-refractivity contribution in [2.24, 2.45) is 0 Å². The van der Waals surface area contributed by atoms with Gasteiger partial charge < -0.3 is 5.73 Å². The molecule has 0 bridgehead atoms. The van der Waals surface area contributed by atoms with Gasteiger partial charge in [0.1, 0.15) is 5.69 Å². The number of rotatable bonds is 1. The largest absolute Gasteiger partial charge is 0.366 e. The third kappa shape index (κ3) is 1.06. The molecule has 0 unspecified atom stereocenters. The summed E-state index contributed by atoms with van der Waals surface area (Å²) in [5.41, 5.74) is 6.29. The summed E-state index contributed by atoms with van der Waals surface area (Å²) >= 11 is 0. The topological polar surface area (TPSA) is 99.3 Å². The number of nitrogens with zero attached hydrogens (tertiary/aromatic N) is 4. The molecule has 0 amide bonds. The zero-order chi connectivity index (χ0) is 10.3. The zero-order valence-corrected chi connectivity index (χ0v) is 7.34. The predicted molar refractivity (Wildman–Crippen MR) is 48.8 cm³/mol. The first-order chi connectivity index (χ1) is 6.59. The summed E-state index contributed by atoms with van der Waals surface area (Å²) in [5, 5.41) is 14.4. The van der Waals surface area contributed by atoms with Crippen molar-refractivity contribution in [1.82, 2.24) is 14.6 Å². The van der Waals surface area contributed by atoms with E-state index in [-0.39, 0.29) is 11.6 Å². The molecule has 0 fully saturated rings. The SMILES string of the molecule is Cc1c([N+](=O)[O-])ccc2nc(N)nn12. The Balaban J connectivity index is 2.80. The number of hydrogen-bond acceptors (Lipinski definition) is 5. The van der Waals surface area contributed by atoms with Crippen molar-refractivity contribution in [3.05, 3.63) is 27.9 Å². The number of aryl methyl sites for hydroxylation is 1. The normalized spacial score (nSPS) is 10.6. The Hall–Kier alpha value is -2.18. The lowest BCUT2D eigenvalue weighted by Gasteiger charge is -1.97. The third-order valence-corrected chi connectivity index (χ3v) is 1.92. The highest BCUT2D eigenvalue weighted by Gasteiger charge is 2.14. The fourth-order valence-corrected chi connectivity index (χ4v) is 1.27. The Kier molecular flexibility index (Phi) is 1.60. The Morgan fingerprint density at radius 2 is 2.29 bits per heavy atom. The molecule has 72 valence electrons. The summed E-state index contributed by atoms with van der Waals surface area (Å²) in [4.78, 5) is 14.0. The Labute approximate surface area is 78.3 Å². The lowest BCUT2D eigenvalue weighted by molar-refractivity contribution is -0.385. The average Bonchev–Trinajstić information content (AvgIpc) is 2.46. The van der Waals surface area contributed by atoms with E-state index in [1.165, 1.54) is 16.6 Å². The van der Waals surface area contributed by atoms with Crippen LogP contribution in [0.2, 0.25) is 0 Å². The van der Waals surface area contributed by atoms with Gasteiger partial charge in [-0.25, -0.2) is 4.52 Å². The molecule has 2 N–H and O–H groups in total. The summed E-state index contributed by atoms with van der Waals surface area (Å²) in [6.45, 7) is 1.60. The van der Waals surface area contributed by atoms with Gasteiger partial charge in [-0.3, -0.25) is 10.1 Å². The van der Waals surface area contributed by atoms with Crippen molar-refractivity contribution < 1.29 is 4.92 Å². The summed E-state index contributed by atoms with van der Waals surface area (Å²) in [5.74, 6) is 0.105. The molecule has 0 saturated carbocycles. The van der Waals surface area contributed by atoms with E-state index in [0.29, 0.717) is 11.3 Å². The van der Waals surface area contributed by atoms with Crippen LogP contribution in [0.5, 0.6) is 0 Å². The van der Waals surface area contributed by atoms with E-state index in [1.54, 1.807) is 6.92 Å². The molecule has 0 spiro atoms. The highest BCUT2D eigenvalue weighted by molar-refractivity contribution is 5.49. The molecule has 0 aromatic carbocycles. The van der Waals surface area contributed by atoms with Gasteiger partial charge in [-0.1, -0.05) is 0 Å². The van der Waals surface area contributed by atoms with Crippen LogP contribution in [0.25, 0.3) is 5.65 Å². The first kappa shape index (κ1) is 8.42. The van der Waals surface area contributed by atoms with E-state index in [4.69, 9.17) is 5.73 Å². The number of pyridine rings is 1. The molecule has 0 aliphatic carbocycles. The number of fused-ring (bicyclic) bond motifs is 1. The predicted octanol–water partition coefficient (Wildman–Crippen LogP) is 0.528. The van der Waals surface area contributed by atoms with Crippen LogP contribution >= 0.6 is 0 Å². The van der Waals surface area contributed by atoms with Crippen molar-refractivity contribution >= 4 is 17.3 Å². The van der Waals surface area contributed by atoms with E-state index in [0.717, 1.165) is 0 Å². The van der Waals surface area contributed by atoms with Crippen molar-refractivity contribution in [2.45, 2.75) is 6.92 Å². The van der Waals surface area contributed by atoms with Gasteiger partial charge in [0, 0.05) is 6.07 Å². The lowest BCUT2D eigenvalue weighted by Crippen LogP contribution is -1.99. The molecule has 0 aliphatic heterocycles. The van der Waals surface area contributed by atoms with E-state index >= 15 is 0 Å². The molecule has 0 atom stereocenters. The number of hydrogen-bond donors (Lipinski definition) is 1. The minimum absolute atomic E-state index is 0.00222. The van der Waals surface area contributed by atoms with Crippen LogP contribution in [-0.2, 0) is 0 Å². The molecule has 2 rings (SSSR count). The first-order valence-corrected chi connectivity index (χ1v) is 3.86. The van der Waals surface area contributed by atoms with Crippen LogP contribution < -0.4 is 5.73 Å². The van der Waals surface area contributed by atoms with Gasteiger partial charge in [0.2, 0.25) is 5.95 Å². The molecular weight excluding hydrogens is 186 g/mol. The van der Waals surface area contributed by atoms with Crippen molar-refractivity contribution in [2.75, 3.05) is 5.73 Å². The maximum atomic E-state index is 10.6. The van der Waals surface area contributed by atoms with E-state index in [9.17, 15) is 10.1 Å². The number of nitrogens with two attached hydrogens (primary N) is 1. The average molecular weight is 193 g/mol. The summed E-state index contributed by atoms with van der Waals surface area (Å²) in [6.07, 6.45) is 0. The van der Waals surface area contributed by atoms with Crippen LogP contribution in [0.3, 0.4) is 0 Å². The minimum Gasteiger partial charge on any atom is -0.366 e. The van der Waals surface area contributed by atoms with Crippen LogP contribution in [0.4, 0.5) is 11.6 Å². The quantitative estimate of drug-likeness (QED) is 0.526. The standard InChI is InChI=1S/C7H7N5O2/c1-4-5(12(13)14)2-3-6-9-7(8)10-11(4)6/h2-3H,1H3,(H2,8,10). The minimum atomic E-state index is -0.466. The second kappa shape index (κ2) is 2.66. The lowest BCUT2D eigenvalue weighted by atomic mass is 10.3. The zero-order valence-electron chi connectivity index (χ0n) is 7.34. The molecule has 0 radical (unpaired) electrons. The fourth-order valence-electron chi connectivity index (χ4n) is 1.27. The summed E-state index contributed by atoms with van der Waals surface area (Å²) < 4.78 is 1.35. The molecule has 7 heteroatoms. The fraction of sp³-hybridized carbons (Fsp3) is 0.143. The van der Waals surface area contributed by atoms with Gasteiger partial charge in [-0.15, -0.1) is 5.10 Å². The molecule has 0 saturated heterocycles. The highest BCUT2D eigenvalue weighted by Crippen LogP contribution is 2.18. The number of nitrogen functional groups attached to an aromatic ring is 1. The molecule has 2 aromatic heterocycles. The summed E-state index contributed by atoms with van der Waals surface area (Å²) in [6, 6.07) is 2.90. The number of aromatic nitrogens is 3. The van der Waals surface area contributed by atoms with Crippen LogP contribution in [0, 0.1) is 17.0 Å². The first-order valence-electron chi connectivity index (χ1n) is 3.86. The van der Waals surface area contributed by atoms with Gasteiger partial charge in [0.15, 0.2) is 5.65 Å². The van der Waals surface area contributed by atoms with E-state index in [1.807, 2.05) is 0 Å². The van der Waals surface area contributed by atoms with Gasteiger partial charge in [-0.2, -0.15) is 4.98 Å². The molecule has 2 aromatic rings. The Morgan fingerprint density at radius 1 is 1.57 bits per heavy atom. The molecule has 2 heterocycles. The van der Waals surface area contributed by atoms with Gasteiger partial charge in [0.05, 0.1) is 4.92 Å². The Bertz CT molecular complexity index is 518. The number of anilines is 1. The summed E-state index contributed by atoms with van der Waals surface area (Å²) in [7, 11) is 0. The van der Waals surface area contributed by atoms with Crippen molar-refractivity contribution in [3.8, 4) is 0 Å². The molecular formula is C7H7N5O2. The van der Waals surface area contributed by atoms with Crippen LogP contribution in [0.15, 0.2) is 12.1 Å². The van der Waals surface area contributed by atoms with Gasteiger partial charge >= 0.3 is 0 Å². The molecule has 14 heavy (non-hydrogen) atoms. The maximum Gasteiger partial charge on any atom is 0.290 e. The van der Waals surface area contributed by atoms with E-state index < -0.39 is 4.92 Å². The van der Waals surface area contributed by atoms with Gasteiger partial charge in [0.25, 0.3) is 5.69 Å². The highest BCUT2D eigenvalue weighted by atomic mass is 16.6. The second-order valence-electron chi connectivity index (χ2n) is 2.80. The number of nitro groups is 1. The van der Waals surface area contributed by atoms with E-state index in [2.05, 4.69) is 10.1 Å². The maximum absolute atomic E-state index is 10.6. The van der Waals surface area contributed by atoms with Gasteiger partial charge in [-0.05, 0) is 13.0 Å². The molecule has 0 aliphatic rings. The Morgan fingerprint density at radius 3 is 2.93 bits per heavy atom. The van der Waals surface area contributed by atoms with Crippen molar-refractivity contribution in [1.29, 1.82) is 0 Å². The van der Waals surface area contributed by atoms with Crippen molar-refractivity contribution in [3.63, 3.8) is 0 Å². The van der Waals surface area contributed by atoms with Crippen LogP contribution in [0.1, 0.15) is 5.69 Å². The van der Waals surface area contributed by atoms with Crippen LogP contribution in [-0.4, -0.2) is 19.5 Å². The monoisotopic (exact) mass is 193 g/mol.